The Morgan fingerprint density at radius 1 is 1.29 bits per heavy atom. The van der Waals surface area contributed by atoms with Crippen molar-refractivity contribution in [1.82, 2.24) is 5.32 Å². The molecule has 1 heterocycles. The van der Waals surface area contributed by atoms with Crippen LogP contribution in [0.5, 0.6) is 5.75 Å². The molecule has 0 spiro atoms. The summed E-state index contributed by atoms with van der Waals surface area (Å²) >= 11 is 0. The van der Waals surface area contributed by atoms with E-state index in [0.717, 1.165) is 38.0 Å². The number of halogens is 3. The van der Waals surface area contributed by atoms with Crippen molar-refractivity contribution in [3.63, 3.8) is 0 Å². The van der Waals surface area contributed by atoms with E-state index in [0.29, 0.717) is 12.6 Å². The molecule has 0 amide bonds. The van der Waals surface area contributed by atoms with Gasteiger partial charge in [0, 0.05) is 13.2 Å². The van der Waals surface area contributed by atoms with Crippen molar-refractivity contribution >= 4 is 0 Å². The fraction of sp³-hybridized carbons (Fsp3) is 0.600. The summed E-state index contributed by atoms with van der Waals surface area (Å²) in [4.78, 5) is 0. The second-order valence-corrected chi connectivity index (χ2v) is 5.15. The number of alkyl halides is 3. The quantitative estimate of drug-likeness (QED) is 0.814. The molecule has 1 unspecified atom stereocenters. The van der Waals surface area contributed by atoms with Crippen molar-refractivity contribution < 1.29 is 22.6 Å². The molecule has 1 aliphatic rings. The number of nitrogens with one attached hydrogen (secondary N) is 1. The Morgan fingerprint density at radius 3 is 2.86 bits per heavy atom. The maximum absolute atomic E-state index is 12.1. The molecule has 1 aromatic rings. The normalized spacial score (nSPS) is 19.5. The molecule has 0 aromatic heterocycles. The van der Waals surface area contributed by atoms with Gasteiger partial charge in [-0.15, -0.1) is 13.2 Å². The lowest BCUT2D eigenvalue weighted by atomic mass is 10.1. The van der Waals surface area contributed by atoms with Gasteiger partial charge < -0.3 is 14.8 Å². The molecule has 0 aliphatic carbocycles. The van der Waals surface area contributed by atoms with Gasteiger partial charge in [0.2, 0.25) is 0 Å². The molecule has 0 saturated carbocycles. The molecular formula is C15H20F3NO2. The van der Waals surface area contributed by atoms with E-state index < -0.39 is 6.36 Å². The fourth-order valence-corrected chi connectivity index (χ4v) is 2.38. The molecule has 21 heavy (non-hydrogen) atoms. The minimum atomic E-state index is -4.65. The molecule has 1 atom stereocenters. The molecule has 1 fully saturated rings. The Kier molecular flexibility index (Phi) is 5.87. The molecule has 0 radical (unpaired) electrons. The van der Waals surface area contributed by atoms with Gasteiger partial charge in [-0.1, -0.05) is 12.1 Å². The summed E-state index contributed by atoms with van der Waals surface area (Å²) in [5.41, 5.74) is 0.765. The van der Waals surface area contributed by atoms with E-state index in [4.69, 9.17) is 4.74 Å². The summed E-state index contributed by atoms with van der Waals surface area (Å²) in [6, 6.07) is 6.03. The van der Waals surface area contributed by atoms with Gasteiger partial charge in [0.15, 0.2) is 0 Å². The average molecular weight is 303 g/mol. The minimum absolute atomic E-state index is 0.183. The molecule has 3 nitrogen and oxygen atoms in total. The van der Waals surface area contributed by atoms with Crippen molar-refractivity contribution in [3.05, 3.63) is 29.8 Å². The third-order valence-electron chi connectivity index (χ3n) is 3.38. The monoisotopic (exact) mass is 303 g/mol. The lowest BCUT2D eigenvalue weighted by Gasteiger charge is -2.22. The van der Waals surface area contributed by atoms with Crippen molar-refractivity contribution in [1.29, 1.82) is 0 Å². The number of hydrogen-bond donors (Lipinski definition) is 1. The highest BCUT2D eigenvalue weighted by Gasteiger charge is 2.31. The van der Waals surface area contributed by atoms with E-state index in [1.807, 2.05) is 0 Å². The maximum Gasteiger partial charge on any atom is 0.573 e. The van der Waals surface area contributed by atoms with Gasteiger partial charge in [-0.3, -0.25) is 0 Å². The van der Waals surface area contributed by atoms with Crippen LogP contribution >= 0.6 is 0 Å². The standard InChI is InChI=1S/C15H20F3NO2/c16-15(17,18)21-14-6-3-4-12(10-14)11-19-8-7-13-5-1-2-9-20-13/h3-4,6,10,13,19H,1-2,5,7-9,11H2. The highest BCUT2D eigenvalue weighted by molar-refractivity contribution is 5.28. The highest BCUT2D eigenvalue weighted by Crippen LogP contribution is 2.23. The Balaban J connectivity index is 1.71. The Bertz CT molecular complexity index is 431. The minimum Gasteiger partial charge on any atom is -0.406 e. The van der Waals surface area contributed by atoms with Crippen LogP contribution in [-0.4, -0.2) is 25.6 Å². The van der Waals surface area contributed by atoms with Crippen LogP contribution in [0.1, 0.15) is 31.2 Å². The first-order valence-corrected chi connectivity index (χ1v) is 7.20. The largest absolute Gasteiger partial charge is 0.573 e. The van der Waals surface area contributed by atoms with Crippen LogP contribution in [-0.2, 0) is 11.3 Å². The average Bonchev–Trinajstić information content (AvgIpc) is 2.43. The van der Waals surface area contributed by atoms with E-state index in [1.54, 1.807) is 12.1 Å². The number of benzene rings is 1. The van der Waals surface area contributed by atoms with Crippen LogP contribution in [0.2, 0.25) is 0 Å². The van der Waals surface area contributed by atoms with Gasteiger partial charge in [-0.05, 0) is 49.9 Å². The van der Waals surface area contributed by atoms with Crippen molar-refractivity contribution in [2.75, 3.05) is 13.2 Å². The van der Waals surface area contributed by atoms with E-state index in [2.05, 4.69) is 10.1 Å². The molecule has 1 aromatic carbocycles. The summed E-state index contributed by atoms with van der Waals surface area (Å²) in [6.45, 7) is 2.14. The molecule has 1 N–H and O–H groups in total. The van der Waals surface area contributed by atoms with Gasteiger partial charge in [0.1, 0.15) is 5.75 Å². The summed E-state index contributed by atoms with van der Waals surface area (Å²) < 4.78 is 45.9. The topological polar surface area (TPSA) is 30.5 Å². The lowest BCUT2D eigenvalue weighted by Crippen LogP contribution is -2.25. The van der Waals surface area contributed by atoms with Crippen LogP contribution in [0, 0.1) is 0 Å². The fourth-order valence-electron chi connectivity index (χ4n) is 2.38. The number of rotatable bonds is 6. The predicted octanol–water partition coefficient (Wildman–Crippen LogP) is 3.63. The second kappa shape index (κ2) is 7.66. The van der Waals surface area contributed by atoms with Gasteiger partial charge >= 0.3 is 6.36 Å². The van der Waals surface area contributed by atoms with Crippen LogP contribution in [0.15, 0.2) is 24.3 Å². The summed E-state index contributed by atoms with van der Waals surface area (Å²) in [5.74, 6) is -0.183. The molecule has 2 rings (SSSR count). The Labute approximate surface area is 122 Å². The van der Waals surface area contributed by atoms with Crippen LogP contribution in [0.3, 0.4) is 0 Å². The van der Waals surface area contributed by atoms with Crippen LogP contribution < -0.4 is 10.1 Å². The van der Waals surface area contributed by atoms with Crippen LogP contribution in [0.4, 0.5) is 13.2 Å². The predicted molar refractivity (Wildman–Crippen MR) is 73.0 cm³/mol. The van der Waals surface area contributed by atoms with E-state index in [9.17, 15) is 13.2 Å². The van der Waals surface area contributed by atoms with Crippen LogP contribution in [0.25, 0.3) is 0 Å². The number of ether oxygens (including phenoxy) is 2. The molecule has 118 valence electrons. The SMILES string of the molecule is FC(F)(F)Oc1cccc(CNCCC2CCCCO2)c1. The first-order valence-electron chi connectivity index (χ1n) is 7.20. The number of hydrogen-bond acceptors (Lipinski definition) is 3. The highest BCUT2D eigenvalue weighted by atomic mass is 19.4. The summed E-state index contributed by atoms with van der Waals surface area (Å²) in [7, 11) is 0. The molecule has 0 bridgehead atoms. The molecule has 6 heteroatoms. The van der Waals surface area contributed by atoms with Crippen molar-refractivity contribution in [2.45, 2.75) is 44.7 Å². The third kappa shape index (κ3) is 6.35. The lowest BCUT2D eigenvalue weighted by molar-refractivity contribution is -0.274. The third-order valence-corrected chi connectivity index (χ3v) is 3.38. The van der Waals surface area contributed by atoms with E-state index >= 15 is 0 Å². The molecule has 1 aliphatic heterocycles. The summed E-state index contributed by atoms with van der Waals surface area (Å²) in [5, 5.41) is 3.22. The first kappa shape index (κ1) is 16.1. The zero-order valence-corrected chi connectivity index (χ0v) is 11.8. The molecular weight excluding hydrogens is 283 g/mol. The van der Waals surface area contributed by atoms with Crippen molar-refractivity contribution in [2.24, 2.45) is 0 Å². The maximum atomic E-state index is 12.1. The smallest absolute Gasteiger partial charge is 0.406 e. The van der Waals surface area contributed by atoms with Gasteiger partial charge in [-0.2, -0.15) is 0 Å². The van der Waals surface area contributed by atoms with Gasteiger partial charge in [0.25, 0.3) is 0 Å². The van der Waals surface area contributed by atoms with E-state index in [-0.39, 0.29) is 5.75 Å². The van der Waals surface area contributed by atoms with Gasteiger partial charge in [-0.25, -0.2) is 0 Å². The Morgan fingerprint density at radius 2 is 2.14 bits per heavy atom. The van der Waals surface area contributed by atoms with Crippen molar-refractivity contribution in [3.8, 4) is 5.75 Å². The second-order valence-electron chi connectivity index (χ2n) is 5.15. The molecule has 1 saturated heterocycles. The zero-order valence-electron chi connectivity index (χ0n) is 11.8. The first-order chi connectivity index (χ1) is 10.0. The van der Waals surface area contributed by atoms with Gasteiger partial charge in [0.05, 0.1) is 6.10 Å². The van der Waals surface area contributed by atoms with E-state index in [1.165, 1.54) is 18.6 Å². The summed E-state index contributed by atoms with van der Waals surface area (Å²) in [6.07, 6.45) is 0.0306. The zero-order chi connectivity index (χ0) is 15.1. The Hall–Kier alpha value is -1.27.